The van der Waals surface area contributed by atoms with Crippen LogP contribution in [0, 0.1) is 11.8 Å². The molecule has 0 spiro atoms. The minimum absolute atomic E-state index is 0.00610. The lowest BCUT2D eigenvalue weighted by atomic mass is 9.89. The van der Waals surface area contributed by atoms with Gasteiger partial charge in [-0.15, -0.1) is 0 Å². The Morgan fingerprint density at radius 1 is 1.45 bits per heavy atom. The molecule has 0 amide bonds. The molecular weight excluding hydrogens is 297 g/mol. The number of carboxylic acids is 1. The van der Waals surface area contributed by atoms with Gasteiger partial charge in [0.1, 0.15) is 5.75 Å². The van der Waals surface area contributed by atoms with Gasteiger partial charge in [0.15, 0.2) is 0 Å². The molecule has 6 heteroatoms. The van der Waals surface area contributed by atoms with Crippen LogP contribution in [0.2, 0.25) is 0 Å². The van der Waals surface area contributed by atoms with E-state index in [1.54, 1.807) is 0 Å². The van der Waals surface area contributed by atoms with Crippen molar-refractivity contribution in [2.24, 2.45) is 11.8 Å². The SMILES string of the molecule is CCC(CC1CC1C(=O)O)c1ccc(C(F)(F)F)cc1OC. The van der Waals surface area contributed by atoms with Crippen molar-refractivity contribution in [3.8, 4) is 5.75 Å². The van der Waals surface area contributed by atoms with Crippen molar-refractivity contribution in [1.82, 2.24) is 0 Å². The predicted molar refractivity (Wildman–Crippen MR) is 74.9 cm³/mol. The summed E-state index contributed by atoms with van der Waals surface area (Å²) in [5.74, 6) is -0.774. The Labute approximate surface area is 127 Å². The van der Waals surface area contributed by atoms with Crippen LogP contribution in [0.4, 0.5) is 13.2 Å². The molecule has 0 aliphatic heterocycles. The van der Waals surface area contributed by atoms with Gasteiger partial charge in [0.05, 0.1) is 18.6 Å². The van der Waals surface area contributed by atoms with E-state index < -0.39 is 17.7 Å². The summed E-state index contributed by atoms with van der Waals surface area (Å²) in [7, 11) is 1.35. The van der Waals surface area contributed by atoms with Crippen molar-refractivity contribution < 1.29 is 27.8 Å². The smallest absolute Gasteiger partial charge is 0.416 e. The highest BCUT2D eigenvalue weighted by Crippen LogP contribution is 2.47. The Bertz CT molecular complexity index is 554. The van der Waals surface area contributed by atoms with E-state index in [0.29, 0.717) is 18.4 Å². The molecule has 1 fully saturated rings. The standard InChI is InChI=1S/C16H19F3O3/c1-3-9(6-10-7-13(10)15(20)21)12-5-4-11(16(17,18)19)8-14(12)22-2/h4-5,8-10,13H,3,6-7H2,1-2H3,(H,20,21). The summed E-state index contributed by atoms with van der Waals surface area (Å²) < 4.78 is 43.4. The van der Waals surface area contributed by atoms with E-state index in [1.165, 1.54) is 13.2 Å². The van der Waals surface area contributed by atoms with E-state index in [4.69, 9.17) is 9.84 Å². The van der Waals surface area contributed by atoms with Crippen LogP contribution in [-0.2, 0) is 11.0 Å². The quantitative estimate of drug-likeness (QED) is 0.850. The van der Waals surface area contributed by atoms with Gasteiger partial charge in [-0.1, -0.05) is 13.0 Å². The van der Waals surface area contributed by atoms with Crippen LogP contribution < -0.4 is 4.74 Å². The maximum Gasteiger partial charge on any atom is 0.416 e. The van der Waals surface area contributed by atoms with Crippen LogP contribution >= 0.6 is 0 Å². The summed E-state index contributed by atoms with van der Waals surface area (Å²) in [6, 6.07) is 3.52. The first kappa shape index (κ1) is 16.6. The average Bonchev–Trinajstić information content (AvgIpc) is 3.22. The van der Waals surface area contributed by atoms with Crippen LogP contribution in [0.25, 0.3) is 0 Å². The first-order chi connectivity index (χ1) is 10.3. The molecule has 1 aliphatic carbocycles. The zero-order valence-electron chi connectivity index (χ0n) is 12.5. The lowest BCUT2D eigenvalue weighted by Crippen LogP contribution is -2.09. The molecule has 2 rings (SSSR count). The second-order valence-electron chi connectivity index (χ2n) is 5.74. The maximum absolute atomic E-state index is 12.8. The molecule has 0 radical (unpaired) electrons. The molecule has 3 nitrogen and oxygen atoms in total. The van der Waals surface area contributed by atoms with E-state index in [-0.39, 0.29) is 23.5 Å². The second kappa shape index (κ2) is 6.18. The predicted octanol–water partition coefficient (Wildman–Crippen LogP) is 4.32. The lowest BCUT2D eigenvalue weighted by molar-refractivity contribution is -0.139. The molecule has 1 N–H and O–H groups in total. The van der Waals surface area contributed by atoms with Gasteiger partial charge < -0.3 is 9.84 Å². The fourth-order valence-corrected chi connectivity index (χ4v) is 2.91. The number of carbonyl (C=O) groups is 1. The Morgan fingerprint density at radius 3 is 2.59 bits per heavy atom. The number of methoxy groups -OCH3 is 1. The number of hydrogen-bond donors (Lipinski definition) is 1. The molecule has 3 atom stereocenters. The second-order valence-corrected chi connectivity index (χ2v) is 5.74. The van der Waals surface area contributed by atoms with Gasteiger partial charge in [0.25, 0.3) is 0 Å². The monoisotopic (exact) mass is 316 g/mol. The summed E-state index contributed by atoms with van der Waals surface area (Å²) in [5.41, 5.74) is -0.0215. The molecular formula is C16H19F3O3. The molecule has 0 heterocycles. The van der Waals surface area contributed by atoms with E-state index in [1.807, 2.05) is 6.92 Å². The highest BCUT2D eigenvalue weighted by atomic mass is 19.4. The maximum atomic E-state index is 12.8. The zero-order chi connectivity index (χ0) is 16.5. The third-order valence-corrected chi connectivity index (χ3v) is 4.32. The van der Waals surface area contributed by atoms with Gasteiger partial charge in [-0.05, 0) is 48.8 Å². The number of alkyl halides is 3. The molecule has 0 aromatic heterocycles. The summed E-state index contributed by atoms with van der Waals surface area (Å²) in [6.45, 7) is 1.94. The third kappa shape index (κ3) is 3.54. The molecule has 3 unspecified atom stereocenters. The number of rotatable bonds is 6. The van der Waals surface area contributed by atoms with Gasteiger partial charge in [-0.3, -0.25) is 4.79 Å². The van der Waals surface area contributed by atoms with E-state index in [9.17, 15) is 18.0 Å². The lowest BCUT2D eigenvalue weighted by Gasteiger charge is -2.20. The van der Waals surface area contributed by atoms with E-state index >= 15 is 0 Å². The Morgan fingerprint density at radius 2 is 2.14 bits per heavy atom. The van der Waals surface area contributed by atoms with Crippen LogP contribution in [0.1, 0.15) is 43.2 Å². The molecule has 0 saturated heterocycles. The normalized spacial score (nSPS) is 22.2. The summed E-state index contributed by atoms with van der Waals surface area (Å²) in [6.07, 6.45) is -2.37. The molecule has 122 valence electrons. The molecule has 0 bridgehead atoms. The summed E-state index contributed by atoms with van der Waals surface area (Å²) in [5, 5.41) is 8.96. The van der Waals surface area contributed by atoms with Crippen LogP contribution in [-0.4, -0.2) is 18.2 Å². The van der Waals surface area contributed by atoms with E-state index in [2.05, 4.69) is 0 Å². The minimum Gasteiger partial charge on any atom is -0.496 e. The van der Waals surface area contributed by atoms with Gasteiger partial charge in [-0.25, -0.2) is 0 Å². The van der Waals surface area contributed by atoms with Crippen molar-refractivity contribution in [1.29, 1.82) is 0 Å². The summed E-state index contributed by atoms with van der Waals surface area (Å²) >= 11 is 0. The fourth-order valence-electron chi connectivity index (χ4n) is 2.91. The Hall–Kier alpha value is -1.72. The molecule has 1 aromatic carbocycles. The largest absolute Gasteiger partial charge is 0.496 e. The Kier molecular flexibility index (Phi) is 4.68. The molecule has 1 saturated carbocycles. The van der Waals surface area contributed by atoms with Crippen molar-refractivity contribution >= 4 is 5.97 Å². The highest BCUT2D eigenvalue weighted by Gasteiger charge is 2.44. The summed E-state index contributed by atoms with van der Waals surface area (Å²) in [4.78, 5) is 10.9. The van der Waals surface area contributed by atoms with Gasteiger partial charge >= 0.3 is 12.1 Å². The van der Waals surface area contributed by atoms with Crippen molar-refractivity contribution in [2.45, 2.75) is 38.3 Å². The fraction of sp³-hybridized carbons (Fsp3) is 0.562. The topological polar surface area (TPSA) is 46.5 Å². The number of halogens is 3. The number of hydrogen-bond acceptors (Lipinski definition) is 2. The Balaban J connectivity index is 2.20. The first-order valence-electron chi connectivity index (χ1n) is 7.25. The van der Waals surface area contributed by atoms with Crippen molar-refractivity contribution in [3.05, 3.63) is 29.3 Å². The average molecular weight is 316 g/mol. The minimum atomic E-state index is -4.40. The van der Waals surface area contributed by atoms with Crippen LogP contribution in [0.5, 0.6) is 5.75 Å². The van der Waals surface area contributed by atoms with Gasteiger partial charge in [0.2, 0.25) is 0 Å². The number of aliphatic carboxylic acids is 1. The number of benzene rings is 1. The van der Waals surface area contributed by atoms with Crippen LogP contribution in [0.3, 0.4) is 0 Å². The van der Waals surface area contributed by atoms with Crippen LogP contribution in [0.15, 0.2) is 18.2 Å². The van der Waals surface area contributed by atoms with Gasteiger partial charge in [0, 0.05) is 0 Å². The number of ether oxygens (including phenoxy) is 1. The molecule has 22 heavy (non-hydrogen) atoms. The van der Waals surface area contributed by atoms with E-state index in [0.717, 1.165) is 18.6 Å². The van der Waals surface area contributed by atoms with Crippen molar-refractivity contribution in [3.63, 3.8) is 0 Å². The third-order valence-electron chi connectivity index (χ3n) is 4.32. The first-order valence-corrected chi connectivity index (χ1v) is 7.25. The molecule has 1 aliphatic rings. The van der Waals surface area contributed by atoms with Crippen molar-refractivity contribution in [2.75, 3.05) is 7.11 Å². The van der Waals surface area contributed by atoms with Gasteiger partial charge in [-0.2, -0.15) is 13.2 Å². The highest BCUT2D eigenvalue weighted by molar-refractivity contribution is 5.73. The zero-order valence-corrected chi connectivity index (χ0v) is 12.5. The molecule has 1 aromatic rings. The number of carboxylic acid groups (broad SMARTS) is 1.